The molecule has 3 atom stereocenters. The summed E-state index contributed by atoms with van der Waals surface area (Å²) < 4.78 is 15.2. The molecule has 0 aromatic rings. The van der Waals surface area contributed by atoms with Crippen molar-refractivity contribution in [3.05, 3.63) is 23.5 Å². The quantitative estimate of drug-likeness (QED) is 0.572. The minimum absolute atomic E-state index is 0.174. The van der Waals surface area contributed by atoms with Crippen LogP contribution in [0.1, 0.15) is 6.42 Å². The molecule has 0 aromatic heterocycles. The predicted molar refractivity (Wildman–Crippen MR) is 67.3 cm³/mol. The number of hydrogen-bond acceptors (Lipinski definition) is 6. The van der Waals surface area contributed by atoms with Crippen molar-refractivity contribution in [1.29, 1.82) is 0 Å². The number of aliphatic hydroxyl groups excluding tert-OH is 1. The molecule has 1 aliphatic heterocycles. The molecule has 1 heterocycles. The fourth-order valence-corrected chi connectivity index (χ4v) is 2.57. The molecule has 1 aliphatic carbocycles. The monoisotopic (exact) mass is 283 g/mol. The highest BCUT2D eigenvalue weighted by Gasteiger charge is 2.45. The van der Waals surface area contributed by atoms with Gasteiger partial charge in [-0.2, -0.15) is 0 Å². The van der Waals surface area contributed by atoms with Gasteiger partial charge in [-0.1, -0.05) is 6.08 Å². The van der Waals surface area contributed by atoms with Gasteiger partial charge in [-0.05, 0) is 12.0 Å². The summed E-state index contributed by atoms with van der Waals surface area (Å²) in [6, 6.07) is 0. The lowest BCUT2D eigenvalue weighted by Crippen LogP contribution is -2.40. The fourth-order valence-electron chi connectivity index (χ4n) is 2.57. The molecule has 2 N–H and O–H groups in total. The lowest BCUT2D eigenvalue weighted by atomic mass is 9.83. The maximum Gasteiger partial charge on any atom is 0.409 e. The fraction of sp³-hybridized carbons (Fsp3) is 0.538. The summed E-state index contributed by atoms with van der Waals surface area (Å²) in [7, 11) is 2.73. The minimum atomic E-state index is -0.866. The van der Waals surface area contributed by atoms with Gasteiger partial charge in [-0.3, -0.25) is 0 Å². The Morgan fingerprint density at radius 2 is 2.30 bits per heavy atom. The van der Waals surface area contributed by atoms with Crippen molar-refractivity contribution in [2.45, 2.75) is 12.7 Å². The van der Waals surface area contributed by atoms with E-state index in [1.165, 1.54) is 20.4 Å². The van der Waals surface area contributed by atoms with E-state index < -0.39 is 18.4 Å². The van der Waals surface area contributed by atoms with Gasteiger partial charge >= 0.3 is 12.1 Å². The maximum absolute atomic E-state index is 11.7. The van der Waals surface area contributed by atoms with E-state index in [1.807, 2.05) is 6.08 Å². The topological polar surface area (TPSA) is 94.1 Å². The third-order valence-electron chi connectivity index (χ3n) is 3.55. The number of nitrogens with one attached hydrogen (secondary N) is 1. The third-order valence-corrected chi connectivity index (χ3v) is 3.55. The smallest absolute Gasteiger partial charge is 0.409 e. The lowest BCUT2D eigenvalue weighted by molar-refractivity contribution is -0.141. The summed E-state index contributed by atoms with van der Waals surface area (Å²) in [5, 5.41) is 11.7. The molecule has 0 bridgehead atoms. The molecular weight excluding hydrogens is 266 g/mol. The minimum Gasteiger partial charge on any atom is -0.466 e. The average molecular weight is 283 g/mol. The van der Waals surface area contributed by atoms with E-state index in [0.29, 0.717) is 17.6 Å². The number of rotatable bonds is 3. The van der Waals surface area contributed by atoms with Gasteiger partial charge in [-0.15, -0.1) is 0 Å². The van der Waals surface area contributed by atoms with Gasteiger partial charge in [0.1, 0.15) is 0 Å². The zero-order valence-corrected chi connectivity index (χ0v) is 11.3. The van der Waals surface area contributed by atoms with E-state index in [9.17, 15) is 14.7 Å². The van der Waals surface area contributed by atoms with Crippen LogP contribution in [0.15, 0.2) is 23.5 Å². The molecule has 1 amide bonds. The molecule has 0 spiro atoms. The van der Waals surface area contributed by atoms with E-state index >= 15 is 0 Å². The number of aliphatic hydroxyl groups is 1. The van der Waals surface area contributed by atoms with Gasteiger partial charge in [0.05, 0.1) is 31.5 Å². The van der Waals surface area contributed by atoms with Crippen LogP contribution in [0.3, 0.4) is 0 Å². The van der Waals surface area contributed by atoms with Crippen molar-refractivity contribution in [2.24, 2.45) is 11.8 Å². The second kappa shape index (κ2) is 5.96. The number of hydrogen-bond donors (Lipinski definition) is 2. The summed E-state index contributed by atoms with van der Waals surface area (Å²) in [6.45, 7) is -0.174. The van der Waals surface area contributed by atoms with Crippen LogP contribution in [-0.4, -0.2) is 44.2 Å². The number of fused-ring (bicyclic) bond motifs is 1. The van der Waals surface area contributed by atoms with Crippen LogP contribution in [0.4, 0.5) is 4.79 Å². The molecule has 2 aliphatic rings. The van der Waals surface area contributed by atoms with Crippen molar-refractivity contribution >= 4 is 12.1 Å². The molecule has 0 fully saturated rings. The molecule has 3 unspecified atom stereocenters. The van der Waals surface area contributed by atoms with Crippen LogP contribution in [0.25, 0.3) is 0 Å². The first-order chi connectivity index (χ1) is 9.62. The summed E-state index contributed by atoms with van der Waals surface area (Å²) in [5.41, 5.74) is 1.08. The van der Waals surface area contributed by atoms with Gasteiger partial charge in [-0.25, -0.2) is 9.59 Å². The Morgan fingerprint density at radius 3 is 2.90 bits per heavy atom. The van der Waals surface area contributed by atoms with Crippen molar-refractivity contribution in [1.82, 2.24) is 5.32 Å². The van der Waals surface area contributed by atoms with Crippen LogP contribution in [0, 0.1) is 11.8 Å². The van der Waals surface area contributed by atoms with Crippen molar-refractivity contribution in [3.8, 4) is 0 Å². The van der Waals surface area contributed by atoms with E-state index in [1.54, 1.807) is 0 Å². The normalized spacial score (nSPS) is 27.6. The first-order valence-corrected chi connectivity index (χ1v) is 6.24. The molecule has 7 nitrogen and oxygen atoms in total. The number of esters is 1. The third kappa shape index (κ3) is 2.49. The van der Waals surface area contributed by atoms with Gasteiger partial charge in [0, 0.05) is 13.0 Å². The van der Waals surface area contributed by atoms with E-state index in [4.69, 9.17) is 14.2 Å². The number of amides is 1. The Labute approximate surface area is 116 Å². The Hall–Kier alpha value is -2.02. The first kappa shape index (κ1) is 14.4. The van der Waals surface area contributed by atoms with Gasteiger partial charge in [0.25, 0.3) is 6.29 Å². The van der Waals surface area contributed by atoms with Crippen molar-refractivity contribution in [3.63, 3.8) is 0 Å². The second-order valence-electron chi connectivity index (χ2n) is 4.53. The summed E-state index contributed by atoms with van der Waals surface area (Å²) >= 11 is 0. The molecule has 20 heavy (non-hydrogen) atoms. The highest BCUT2D eigenvalue weighted by molar-refractivity contribution is 5.89. The summed E-state index contributed by atoms with van der Waals surface area (Å²) in [4.78, 5) is 23.0. The van der Waals surface area contributed by atoms with E-state index in [0.717, 1.165) is 0 Å². The molecule has 0 saturated carbocycles. The Balaban J connectivity index is 2.24. The number of ether oxygens (including phenoxy) is 3. The molecule has 0 aromatic carbocycles. The van der Waals surface area contributed by atoms with Crippen molar-refractivity contribution < 1.29 is 28.9 Å². The van der Waals surface area contributed by atoms with Gasteiger partial charge in [0.2, 0.25) is 0 Å². The highest BCUT2D eigenvalue weighted by Crippen LogP contribution is 2.43. The Bertz CT molecular complexity index is 469. The molecule has 110 valence electrons. The summed E-state index contributed by atoms with van der Waals surface area (Å²) in [6.07, 6.45) is 2.18. The zero-order valence-electron chi connectivity index (χ0n) is 11.3. The number of methoxy groups -OCH3 is 1. The molecule has 0 radical (unpaired) electrons. The van der Waals surface area contributed by atoms with Crippen LogP contribution in [0.5, 0.6) is 0 Å². The lowest BCUT2D eigenvalue weighted by Gasteiger charge is -2.33. The van der Waals surface area contributed by atoms with Gasteiger partial charge in [0.15, 0.2) is 0 Å². The van der Waals surface area contributed by atoms with Crippen LogP contribution in [0.2, 0.25) is 0 Å². The Morgan fingerprint density at radius 1 is 1.55 bits per heavy atom. The number of carbonyl (C=O) groups is 2. The average Bonchev–Trinajstić information content (AvgIpc) is 2.91. The Kier molecular flexibility index (Phi) is 4.29. The van der Waals surface area contributed by atoms with Crippen LogP contribution >= 0.6 is 0 Å². The van der Waals surface area contributed by atoms with Crippen LogP contribution in [-0.2, 0) is 19.0 Å². The number of alkyl carbamates (subject to hydrolysis) is 1. The van der Waals surface area contributed by atoms with Crippen molar-refractivity contribution in [2.75, 3.05) is 20.8 Å². The molecule has 0 saturated heterocycles. The number of carbonyl (C=O) groups excluding carboxylic acids is 2. The SMILES string of the molecule is CNC(=O)OC1OC=C(C(=O)OC)C2CC=C(CO)C12. The predicted octanol–water partition coefficient (Wildman–Crippen LogP) is 0.310. The highest BCUT2D eigenvalue weighted by atomic mass is 16.7. The first-order valence-electron chi connectivity index (χ1n) is 6.24. The molecule has 7 heteroatoms. The largest absolute Gasteiger partial charge is 0.466 e. The standard InChI is InChI=1S/C13H17NO6/c1-14-13(17)20-12-10-7(5-15)3-4-8(10)9(6-19-12)11(16)18-2/h3,6,8,10,12,15H,4-5H2,1-2H3,(H,14,17). The van der Waals surface area contributed by atoms with E-state index in [2.05, 4.69) is 5.32 Å². The second-order valence-corrected chi connectivity index (χ2v) is 4.53. The van der Waals surface area contributed by atoms with Crippen LogP contribution < -0.4 is 5.32 Å². The maximum atomic E-state index is 11.7. The zero-order chi connectivity index (χ0) is 14.7. The summed E-state index contributed by atoms with van der Waals surface area (Å²) in [5.74, 6) is -1.07. The molecule has 2 rings (SSSR count). The molecular formula is C13H17NO6. The van der Waals surface area contributed by atoms with E-state index in [-0.39, 0.29) is 18.4 Å². The number of allylic oxidation sites excluding steroid dienone is 1. The van der Waals surface area contributed by atoms with Gasteiger partial charge < -0.3 is 24.6 Å².